The molecule has 0 heterocycles. The number of amides is 1. The van der Waals surface area contributed by atoms with Gasteiger partial charge in [-0.3, -0.25) is 4.79 Å². The summed E-state index contributed by atoms with van der Waals surface area (Å²) in [6.45, 7) is 15.4. The van der Waals surface area contributed by atoms with Crippen LogP contribution in [0.5, 0.6) is 0 Å². The maximum absolute atomic E-state index is 12.1. The largest absolute Gasteiger partial charge is 0.311 e. The molecule has 19 heavy (non-hydrogen) atoms. The van der Waals surface area contributed by atoms with E-state index in [1.165, 1.54) is 5.57 Å². The second-order valence-electron chi connectivity index (χ2n) is 6.90. The Bertz CT molecular complexity index is 407. The van der Waals surface area contributed by atoms with E-state index in [1.807, 2.05) is 0 Å². The Balaban J connectivity index is 3.25. The van der Waals surface area contributed by atoms with Crippen molar-refractivity contribution in [3.63, 3.8) is 0 Å². The van der Waals surface area contributed by atoms with Crippen molar-refractivity contribution in [1.82, 2.24) is 4.90 Å². The SMILES string of the molecule is C=CCN(C(=O)CCl)C1=C(C)C(C)(C)CC(C)(C)C1. The van der Waals surface area contributed by atoms with E-state index >= 15 is 0 Å². The maximum atomic E-state index is 12.1. The van der Waals surface area contributed by atoms with E-state index in [0.29, 0.717) is 6.54 Å². The molecule has 0 atom stereocenters. The summed E-state index contributed by atoms with van der Waals surface area (Å²) in [7, 11) is 0. The summed E-state index contributed by atoms with van der Waals surface area (Å²) in [4.78, 5) is 13.9. The zero-order valence-corrected chi connectivity index (χ0v) is 13.6. The van der Waals surface area contributed by atoms with Crippen molar-refractivity contribution in [3.05, 3.63) is 23.9 Å². The Morgan fingerprint density at radius 1 is 1.42 bits per heavy atom. The molecule has 0 aromatic heterocycles. The molecule has 108 valence electrons. The van der Waals surface area contributed by atoms with Gasteiger partial charge in [0.1, 0.15) is 5.88 Å². The normalized spacial score (nSPS) is 21.2. The summed E-state index contributed by atoms with van der Waals surface area (Å²) >= 11 is 5.74. The van der Waals surface area contributed by atoms with Gasteiger partial charge in [0.05, 0.1) is 0 Å². The summed E-state index contributed by atoms with van der Waals surface area (Å²) in [5.41, 5.74) is 2.74. The van der Waals surface area contributed by atoms with E-state index in [0.717, 1.165) is 18.5 Å². The number of allylic oxidation sites excluding steroid dienone is 2. The third-order valence-electron chi connectivity index (χ3n) is 4.07. The molecule has 2 nitrogen and oxygen atoms in total. The Kier molecular flexibility index (Phi) is 4.89. The third-order valence-corrected chi connectivity index (χ3v) is 4.30. The van der Waals surface area contributed by atoms with Gasteiger partial charge in [-0.25, -0.2) is 0 Å². The third kappa shape index (κ3) is 3.62. The van der Waals surface area contributed by atoms with Crippen LogP contribution in [0.25, 0.3) is 0 Å². The summed E-state index contributed by atoms with van der Waals surface area (Å²) < 4.78 is 0. The van der Waals surface area contributed by atoms with Crippen LogP contribution in [-0.4, -0.2) is 23.2 Å². The molecule has 1 amide bonds. The van der Waals surface area contributed by atoms with Gasteiger partial charge in [-0.05, 0) is 36.2 Å². The zero-order valence-electron chi connectivity index (χ0n) is 12.8. The van der Waals surface area contributed by atoms with Crippen LogP contribution in [0.2, 0.25) is 0 Å². The van der Waals surface area contributed by atoms with E-state index < -0.39 is 0 Å². The average Bonchev–Trinajstić information content (AvgIpc) is 2.29. The van der Waals surface area contributed by atoms with Crippen LogP contribution in [0.15, 0.2) is 23.9 Å². The Morgan fingerprint density at radius 3 is 2.47 bits per heavy atom. The summed E-state index contributed by atoms with van der Waals surface area (Å²) in [6.07, 6.45) is 3.81. The first kappa shape index (κ1) is 16.3. The van der Waals surface area contributed by atoms with Crippen LogP contribution in [-0.2, 0) is 4.79 Å². The summed E-state index contributed by atoms with van der Waals surface area (Å²) in [5.74, 6) is -0.0183. The fourth-order valence-corrected chi connectivity index (χ4v) is 3.37. The number of halogens is 1. The van der Waals surface area contributed by atoms with E-state index in [9.17, 15) is 4.79 Å². The molecule has 0 spiro atoms. The van der Waals surface area contributed by atoms with Crippen molar-refractivity contribution in [1.29, 1.82) is 0 Å². The lowest BCUT2D eigenvalue weighted by molar-refractivity contribution is -0.126. The molecule has 0 aromatic rings. The highest BCUT2D eigenvalue weighted by Crippen LogP contribution is 2.49. The molecule has 0 N–H and O–H groups in total. The van der Waals surface area contributed by atoms with Gasteiger partial charge in [0.15, 0.2) is 0 Å². The number of rotatable bonds is 4. The van der Waals surface area contributed by atoms with Crippen LogP contribution in [0.3, 0.4) is 0 Å². The van der Waals surface area contributed by atoms with Crippen LogP contribution in [0, 0.1) is 10.8 Å². The molecule has 1 aliphatic carbocycles. The van der Waals surface area contributed by atoms with Gasteiger partial charge in [0.2, 0.25) is 5.91 Å². The number of alkyl halides is 1. The highest BCUT2D eigenvalue weighted by molar-refractivity contribution is 6.27. The fourth-order valence-electron chi connectivity index (χ4n) is 3.23. The van der Waals surface area contributed by atoms with Crippen molar-refractivity contribution in [2.75, 3.05) is 12.4 Å². The monoisotopic (exact) mass is 283 g/mol. The summed E-state index contributed by atoms with van der Waals surface area (Å²) in [6, 6.07) is 0. The van der Waals surface area contributed by atoms with Gasteiger partial charge in [0.25, 0.3) is 0 Å². The molecule has 0 unspecified atom stereocenters. The van der Waals surface area contributed by atoms with Crippen molar-refractivity contribution in [3.8, 4) is 0 Å². The van der Waals surface area contributed by atoms with Gasteiger partial charge in [-0.1, -0.05) is 33.8 Å². The second-order valence-corrected chi connectivity index (χ2v) is 7.17. The minimum atomic E-state index is -0.0376. The van der Waals surface area contributed by atoms with Crippen LogP contribution >= 0.6 is 11.6 Å². The lowest BCUT2D eigenvalue weighted by Crippen LogP contribution is -2.40. The van der Waals surface area contributed by atoms with Gasteiger partial charge in [-0.2, -0.15) is 0 Å². The van der Waals surface area contributed by atoms with Crippen LogP contribution < -0.4 is 0 Å². The first-order valence-corrected chi connectivity index (χ1v) is 7.35. The minimum Gasteiger partial charge on any atom is -0.311 e. The fraction of sp³-hybridized carbons (Fsp3) is 0.688. The van der Waals surface area contributed by atoms with Gasteiger partial charge >= 0.3 is 0 Å². The molecule has 0 radical (unpaired) electrons. The number of hydrogen-bond acceptors (Lipinski definition) is 1. The van der Waals surface area contributed by atoms with E-state index in [2.05, 4.69) is 41.2 Å². The van der Waals surface area contributed by atoms with Crippen molar-refractivity contribution in [2.45, 2.75) is 47.5 Å². The highest BCUT2D eigenvalue weighted by atomic mass is 35.5. The van der Waals surface area contributed by atoms with Gasteiger partial charge in [0, 0.05) is 12.2 Å². The molecule has 0 aliphatic heterocycles. The molecular weight excluding hydrogens is 258 g/mol. The lowest BCUT2D eigenvalue weighted by atomic mass is 9.64. The molecule has 0 bridgehead atoms. The molecule has 3 heteroatoms. The summed E-state index contributed by atoms with van der Waals surface area (Å²) in [5, 5.41) is 0. The van der Waals surface area contributed by atoms with E-state index in [4.69, 9.17) is 11.6 Å². The van der Waals surface area contributed by atoms with Crippen molar-refractivity contribution in [2.24, 2.45) is 10.8 Å². The Hall–Kier alpha value is -0.760. The number of carbonyl (C=O) groups excluding carboxylic acids is 1. The Labute approximate surface area is 122 Å². The zero-order chi connectivity index (χ0) is 14.8. The molecule has 0 saturated heterocycles. The molecule has 0 saturated carbocycles. The maximum Gasteiger partial charge on any atom is 0.241 e. The predicted molar refractivity (Wildman–Crippen MR) is 82.1 cm³/mol. The topological polar surface area (TPSA) is 20.3 Å². The lowest BCUT2D eigenvalue weighted by Gasteiger charge is -2.45. The van der Waals surface area contributed by atoms with Crippen molar-refractivity contribution < 1.29 is 4.79 Å². The second kappa shape index (κ2) is 5.70. The van der Waals surface area contributed by atoms with Gasteiger partial charge in [-0.15, -0.1) is 18.2 Å². The molecule has 1 rings (SSSR count). The average molecular weight is 284 g/mol. The van der Waals surface area contributed by atoms with Crippen LogP contribution in [0.1, 0.15) is 47.5 Å². The van der Waals surface area contributed by atoms with Crippen molar-refractivity contribution >= 4 is 17.5 Å². The highest BCUT2D eigenvalue weighted by Gasteiger charge is 2.39. The van der Waals surface area contributed by atoms with E-state index in [1.54, 1.807) is 11.0 Å². The van der Waals surface area contributed by atoms with E-state index in [-0.39, 0.29) is 22.6 Å². The Morgan fingerprint density at radius 2 is 2.00 bits per heavy atom. The van der Waals surface area contributed by atoms with Crippen LogP contribution in [0.4, 0.5) is 0 Å². The minimum absolute atomic E-state index is 0.0193. The predicted octanol–water partition coefficient (Wildman–Crippen LogP) is 4.36. The number of hydrogen-bond donors (Lipinski definition) is 0. The molecule has 1 aliphatic rings. The molecule has 0 aromatic carbocycles. The number of carbonyl (C=O) groups is 1. The smallest absolute Gasteiger partial charge is 0.241 e. The van der Waals surface area contributed by atoms with Gasteiger partial charge < -0.3 is 4.90 Å². The first-order chi connectivity index (χ1) is 8.64. The number of nitrogens with zero attached hydrogens (tertiary/aromatic N) is 1. The quantitative estimate of drug-likeness (QED) is 0.554. The molecular formula is C16H26ClNO. The molecule has 0 fully saturated rings. The first-order valence-electron chi connectivity index (χ1n) is 6.82. The standard InChI is InChI=1S/C16H26ClNO/c1-7-8-18(14(19)10-17)13-9-15(3,4)11-16(5,6)12(13)2/h7H,1,8-11H2,2-6H3.